The maximum atomic E-state index is 13.6. The number of H-pyrrole nitrogens is 1. The van der Waals surface area contributed by atoms with Gasteiger partial charge in [-0.15, -0.1) is 20.5 Å². The van der Waals surface area contributed by atoms with Gasteiger partial charge in [0.2, 0.25) is 16.9 Å². The van der Waals surface area contributed by atoms with E-state index in [1.807, 2.05) is 0 Å². The normalized spacial score (nSPS) is 13.0. The number of nitrogens with one attached hydrogen (secondary N) is 2. The summed E-state index contributed by atoms with van der Waals surface area (Å²) in [7, 11) is -18.7. The van der Waals surface area contributed by atoms with Gasteiger partial charge in [0.1, 0.15) is 20.7 Å². The molecule has 0 unspecified atom stereocenters. The number of aromatic nitrogens is 5. The Hall–Kier alpha value is -5.90. The minimum Gasteiger partial charge on any atom is -0.744 e. The molecule has 0 bridgehead atoms. The van der Waals surface area contributed by atoms with E-state index in [1.54, 1.807) is 6.07 Å². The average Bonchev–Trinajstić information content (AvgIpc) is 3.61. The number of hydrogen-bond acceptors (Lipinski definition) is 21. The number of nitrogen functional groups attached to an aromatic ring is 1. The van der Waals surface area contributed by atoms with Crippen molar-refractivity contribution in [2.45, 2.75) is 21.6 Å². The summed E-state index contributed by atoms with van der Waals surface area (Å²) in [5.74, 6) is -1.48. The van der Waals surface area contributed by atoms with E-state index in [1.165, 1.54) is 55.5 Å². The fourth-order valence-corrected chi connectivity index (χ4v) is 8.99. The maximum Gasteiger partial charge on any atom is 1.00 e. The molecule has 3 aromatic heterocycles. The summed E-state index contributed by atoms with van der Waals surface area (Å²) in [6.07, 6.45) is 0. The molecular weight excluding hydrogens is 987 g/mol. The molecule has 0 saturated heterocycles. The van der Waals surface area contributed by atoms with Gasteiger partial charge >= 0.3 is 51.1 Å². The van der Waals surface area contributed by atoms with Crippen LogP contribution >= 0.6 is 11.6 Å². The van der Waals surface area contributed by atoms with Crippen LogP contribution in [0.15, 0.2) is 129 Å². The molecule has 7 aromatic rings. The number of fused-ring (bicyclic) bond motifs is 2. The smallest absolute Gasteiger partial charge is 0.744 e. The van der Waals surface area contributed by atoms with Crippen molar-refractivity contribution in [1.29, 1.82) is 0 Å². The van der Waals surface area contributed by atoms with Crippen LogP contribution in [0.2, 0.25) is 5.28 Å². The number of benzene rings is 4. The van der Waals surface area contributed by atoms with Crippen LogP contribution in [-0.4, -0.2) is 83.7 Å². The number of aryl methyl sites for hydroxylation is 1. The van der Waals surface area contributed by atoms with Crippen LogP contribution in [0, 0.1) is 6.92 Å². The molecular formula is C34H26ClN12NaO14S4. The SMILES string of the molecule is Cc1c(N=Nc2ccc(S(=O)(=O)[O-])c3ccccc23)c(=O)n2c(N)c(N=Nc3cc(N=c4nc(Nc5ccc(S(=O)(=O)CCOS(=O)(=O)O)cc5)nc(Cl)[nH]4)ccc3S(=O)(=O)O)c(=O)n12.[Na+]. The molecule has 0 aliphatic heterocycles. The minimum absolute atomic E-state index is 0. The zero-order valence-electron chi connectivity index (χ0n) is 33.3. The molecule has 0 aliphatic carbocycles. The number of sulfone groups is 1. The molecule has 0 spiro atoms. The Kier molecular flexibility index (Phi) is 14.1. The number of rotatable bonds is 14. The van der Waals surface area contributed by atoms with Gasteiger partial charge in [0.25, 0.3) is 10.1 Å². The Bertz CT molecular complexity index is 3810. The predicted molar refractivity (Wildman–Crippen MR) is 226 cm³/mol. The summed E-state index contributed by atoms with van der Waals surface area (Å²) in [6, 6.07) is 16.3. The van der Waals surface area contributed by atoms with Gasteiger partial charge in [0.15, 0.2) is 27.0 Å². The Morgan fingerprint density at radius 3 is 2.06 bits per heavy atom. The summed E-state index contributed by atoms with van der Waals surface area (Å²) in [5, 5.41) is 18.5. The molecule has 66 heavy (non-hydrogen) atoms. The molecule has 0 aliphatic rings. The number of aromatic amines is 1. The number of nitrogens with two attached hydrogens (primary N) is 1. The van der Waals surface area contributed by atoms with Crippen molar-refractivity contribution in [2.75, 3.05) is 23.4 Å². The van der Waals surface area contributed by atoms with Crippen molar-refractivity contribution < 1.29 is 81.1 Å². The van der Waals surface area contributed by atoms with E-state index in [9.17, 15) is 52.4 Å². The Morgan fingerprint density at radius 2 is 1.42 bits per heavy atom. The molecule has 338 valence electrons. The van der Waals surface area contributed by atoms with Gasteiger partial charge in [-0.1, -0.05) is 24.3 Å². The number of nitrogens with zero attached hydrogens (tertiary/aromatic N) is 9. The Balaban J connectivity index is 0.00000720. The summed E-state index contributed by atoms with van der Waals surface area (Å²) in [4.78, 5) is 40.6. The number of halogens is 1. The predicted octanol–water partition coefficient (Wildman–Crippen LogP) is 0.567. The van der Waals surface area contributed by atoms with E-state index < -0.39 is 90.9 Å². The van der Waals surface area contributed by atoms with Crippen molar-refractivity contribution in [3.05, 3.63) is 116 Å². The zero-order chi connectivity index (χ0) is 47.2. The second kappa shape index (κ2) is 18.8. The van der Waals surface area contributed by atoms with E-state index in [2.05, 4.69) is 49.9 Å². The first-order valence-electron chi connectivity index (χ1n) is 17.6. The van der Waals surface area contributed by atoms with Crippen LogP contribution in [0.5, 0.6) is 0 Å². The number of anilines is 3. The molecule has 3 heterocycles. The average molecular weight is 1010 g/mol. The Morgan fingerprint density at radius 1 is 0.803 bits per heavy atom. The summed E-state index contributed by atoms with van der Waals surface area (Å²) >= 11 is 6.14. The molecule has 0 radical (unpaired) electrons. The van der Waals surface area contributed by atoms with Crippen molar-refractivity contribution in [1.82, 2.24) is 24.0 Å². The third kappa shape index (κ3) is 10.7. The van der Waals surface area contributed by atoms with E-state index in [-0.39, 0.29) is 90.5 Å². The van der Waals surface area contributed by atoms with Crippen molar-refractivity contribution in [2.24, 2.45) is 25.4 Å². The van der Waals surface area contributed by atoms with Gasteiger partial charge in [0, 0.05) is 16.5 Å². The first-order chi connectivity index (χ1) is 30.4. The molecule has 0 amide bonds. The van der Waals surface area contributed by atoms with Crippen LogP contribution in [0.3, 0.4) is 0 Å². The molecule has 7 rings (SSSR count). The minimum atomic E-state index is -4.98. The number of azo groups is 2. The first kappa shape index (κ1) is 49.5. The van der Waals surface area contributed by atoms with E-state index >= 15 is 0 Å². The van der Waals surface area contributed by atoms with E-state index in [4.69, 9.17) is 21.9 Å². The van der Waals surface area contributed by atoms with Crippen LogP contribution in [-0.2, 0) is 44.7 Å². The molecule has 0 fully saturated rings. The maximum absolute atomic E-state index is 13.6. The van der Waals surface area contributed by atoms with Gasteiger partial charge in [-0.3, -0.25) is 23.7 Å². The third-order valence-corrected chi connectivity index (χ3v) is 13.0. The van der Waals surface area contributed by atoms with Crippen molar-refractivity contribution >= 4 is 109 Å². The zero-order valence-corrected chi connectivity index (χ0v) is 39.3. The quantitative estimate of drug-likeness (QED) is 0.0564. The van der Waals surface area contributed by atoms with Crippen LogP contribution in [0.4, 0.5) is 45.9 Å². The van der Waals surface area contributed by atoms with Gasteiger partial charge in [-0.2, -0.15) is 31.3 Å². The second-order valence-electron chi connectivity index (χ2n) is 13.1. The van der Waals surface area contributed by atoms with E-state index in [0.717, 1.165) is 28.8 Å². The molecule has 4 aromatic carbocycles. The Labute approximate surface area is 397 Å². The molecule has 0 saturated carbocycles. The third-order valence-electron chi connectivity index (χ3n) is 8.91. The van der Waals surface area contributed by atoms with Crippen LogP contribution in [0.25, 0.3) is 10.8 Å². The standard InChI is InChI=1S/C34H27ClN12O14S4.Na/c1-17-27(44-42-23-11-13-25(63(52,53)54)22-5-3-2-4-21(22)23)30(48)47-29(36)28(31(49)46(17)47)45-43-24-16-19(8-12-26(24)64(55,56)57)38-34-40-32(35)39-33(41-34)37-18-6-9-20(10-7-18)62(50,51)15-14-61-65(58,59)60;/h2-13,16H,14-15,36H2,1H3,(H,52,53,54)(H,55,56,57)(H,58,59,60)(H2,37,38,39,40,41);/q;+1/p-1. The summed E-state index contributed by atoms with van der Waals surface area (Å²) in [6.45, 7) is 0.510. The fraction of sp³-hybridized carbons (Fsp3) is 0.0882. The second-order valence-corrected chi connectivity index (χ2v) is 19.4. The van der Waals surface area contributed by atoms with Gasteiger partial charge in [-0.05, 0) is 73.1 Å². The molecule has 0 atom stereocenters. The fourth-order valence-electron chi connectivity index (χ4n) is 6.06. The first-order valence-corrected chi connectivity index (χ1v) is 23.9. The molecule has 32 heteroatoms. The monoisotopic (exact) mass is 1010 g/mol. The van der Waals surface area contributed by atoms with Crippen molar-refractivity contribution in [3.8, 4) is 0 Å². The van der Waals surface area contributed by atoms with Gasteiger partial charge < -0.3 is 15.6 Å². The van der Waals surface area contributed by atoms with Crippen LogP contribution < -0.4 is 57.3 Å². The van der Waals surface area contributed by atoms with Crippen LogP contribution in [0.1, 0.15) is 5.69 Å². The molecule has 26 nitrogen and oxygen atoms in total. The topological polar surface area (TPSA) is 394 Å². The van der Waals surface area contributed by atoms with Gasteiger partial charge in [-0.25, -0.2) is 30.5 Å². The van der Waals surface area contributed by atoms with Crippen molar-refractivity contribution in [3.63, 3.8) is 0 Å². The molecule has 6 N–H and O–H groups in total. The van der Waals surface area contributed by atoms with E-state index in [0.29, 0.717) is 4.52 Å². The number of hydrogen-bond donors (Lipinski definition) is 5. The largest absolute Gasteiger partial charge is 1.00 e. The summed E-state index contributed by atoms with van der Waals surface area (Å²) < 4.78 is 131. The van der Waals surface area contributed by atoms with Gasteiger partial charge in [0.05, 0.1) is 39.2 Å². The summed E-state index contributed by atoms with van der Waals surface area (Å²) in [5.41, 5.74) is 2.67.